The lowest BCUT2D eigenvalue weighted by Gasteiger charge is -2.05. The van der Waals surface area contributed by atoms with Crippen LogP contribution in [0.3, 0.4) is 0 Å². The molecule has 1 aromatic heterocycles. The van der Waals surface area contributed by atoms with Gasteiger partial charge < -0.3 is 10.4 Å². The smallest absolute Gasteiger partial charge is 0.303 e. The first-order valence-corrected chi connectivity index (χ1v) is 8.15. The molecule has 0 saturated heterocycles. The summed E-state index contributed by atoms with van der Waals surface area (Å²) in [4.78, 5) is 24.4. The monoisotopic (exact) mass is 323 g/mol. The van der Waals surface area contributed by atoms with Crippen LogP contribution in [0.2, 0.25) is 0 Å². The molecule has 23 heavy (non-hydrogen) atoms. The molecule has 0 spiro atoms. The number of hydrogen-bond donors (Lipinski definition) is 2. The van der Waals surface area contributed by atoms with Crippen molar-refractivity contribution in [2.24, 2.45) is 0 Å². The summed E-state index contributed by atoms with van der Waals surface area (Å²) in [6, 6.07) is 3.06. The SMILES string of the molecule is O=C(O)CCCCCCCCCCNc1ccc([N+](=O)[O-])cn1. The molecule has 7 nitrogen and oxygen atoms in total. The Labute approximate surface area is 136 Å². The second-order valence-corrected chi connectivity index (χ2v) is 5.56. The molecule has 0 aliphatic carbocycles. The maximum absolute atomic E-state index is 10.5. The summed E-state index contributed by atoms with van der Waals surface area (Å²) in [6.45, 7) is 0.809. The summed E-state index contributed by atoms with van der Waals surface area (Å²) >= 11 is 0. The van der Waals surface area contributed by atoms with E-state index < -0.39 is 10.9 Å². The highest BCUT2D eigenvalue weighted by atomic mass is 16.6. The van der Waals surface area contributed by atoms with Crippen LogP contribution in [0.15, 0.2) is 18.3 Å². The van der Waals surface area contributed by atoms with Crippen molar-refractivity contribution in [1.82, 2.24) is 4.98 Å². The van der Waals surface area contributed by atoms with Crippen molar-refractivity contribution in [2.45, 2.75) is 57.8 Å². The Morgan fingerprint density at radius 1 is 1.09 bits per heavy atom. The lowest BCUT2D eigenvalue weighted by molar-refractivity contribution is -0.385. The number of hydrogen-bond acceptors (Lipinski definition) is 5. The van der Waals surface area contributed by atoms with E-state index in [2.05, 4.69) is 10.3 Å². The van der Waals surface area contributed by atoms with Gasteiger partial charge in [-0.1, -0.05) is 38.5 Å². The third-order valence-electron chi connectivity index (χ3n) is 3.58. The van der Waals surface area contributed by atoms with Gasteiger partial charge in [0.05, 0.1) is 4.92 Å². The molecule has 0 fully saturated rings. The van der Waals surface area contributed by atoms with Gasteiger partial charge in [-0.25, -0.2) is 4.98 Å². The van der Waals surface area contributed by atoms with Gasteiger partial charge >= 0.3 is 5.97 Å². The molecule has 1 rings (SSSR count). The number of unbranched alkanes of at least 4 members (excludes halogenated alkanes) is 7. The molecule has 0 aromatic carbocycles. The van der Waals surface area contributed by atoms with Crippen molar-refractivity contribution in [1.29, 1.82) is 0 Å². The first-order valence-electron chi connectivity index (χ1n) is 8.15. The molecule has 128 valence electrons. The van der Waals surface area contributed by atoms with E-state index in [9.17, 15) is 14.9 Å². The van der Waals surface area contributed by atoms with Crippen molar-refractivity contribution in [3.05, 3.63) is 28.4 Å². The molecule has 7 heteroatoms. The van der Waals surface area contributed by atoms with Crippen molar-refractivity contribution in [2.75, 3.05) is 11.9 Å². The van der Waals surface area contributed by atoms with Gasteiger partial charge in [0.25, 0.3) is 5.69 Å². The highest BCUT2D eigenvalue weighted by molar-refractivity contribution is 5.66. The standard InChI is InChI=1S/C16H25N3O4/c20-16(21)9-7-5-3-1-2-4-6-8-12-17-15-11-10-14(13-18-15)19(22)23/h10-11,13H,1-9,12H2,(H,17,18)(H,20,21). The average Bonchev–Trinajstić information content (AvgIpc) is 2.52. The van der Waals surface area contributed by atoms with E-state index in [1.54, 1.807) is 6.07 Å². The molecule has 1 heterocycles. The topological polar surface area (TPSA) is 105 Å². The molecule has 0 amide bonds. The fourth-order valence-electron chi connectivity index (χ4n) is 2.28. The van der Waals surface area contributed by atoms with Crippen molar-refractivity contribution in [3.63, 3.8) is 0 Å². The van der Waals surface area contributed by atoms with Gasteiger partial charge in [-0.15, -0.1) is 0 Å². The Bertz CT molecular complexity index is 477. The highest BCUT2D eigenvalue weighted by Gasteiger charge is 2.04. The minimum absolute atomic E-state index is 0.00101. The van der Waals surface area contributed by atoms with E-state index >= 15 is 0 Å². The second-order valence-electron chi connectivity index (χ2n) is 5.56. The van der Waals surface area contributed by atoms with Gasteiger partial charge in [0.15, 0.2) is 0 Å². The molecule has 0 radical (unpaired) electrons. The van der Waals surface area contributed by atoms with Gasteiger partial charge in [-0.2, -0.15) is 0 Å². The molecular formula is C16H25N3O4. The summed E-state index contributed by atoms with van der Waals surface area (Å²) in [5.41, 5.74) is -0.00101. The normalized spacial score (nSPS) is 10.4. The first kappa shape index (κ1) is 18.9. The summed E-state index contributed by atoms with van der Waals surface area (Å²) < 4.78 is 0. The van der Waals surface area contributed by atoms with Crippen LogP contribution in [0, 0.1) is 10.1 Å². The van der Waals surface area contributed by atoms with Crippen LogP contribution in [0.1, 0.15) is 57.8 Å². The maximum atomic E-state index is 10.5. The number of pyridine rings is 1. The number of carboxylic acids is 1. The number of carboxylic acid groups (broad SMARTS) is 1. The molecule has 2 N–H and O–H groups in total. The first-order chi connectivity index (χ1) is 11.1. The number of anilines is 1. The van der Waals surface area contributed by atoms with Crippen LogP contribution in [0.4, 0.5) is 11.5 Å². The number of aliphatic carboxylic acids is 1. The number of nitrogens with zero attached hydrogens (tertiary/aromatic N) is 2. The Morgan fingerprint density at radius 2 is 1.70 bits per heavy atom. The molecule has 0 bridgehead atoms. The van der Waals surface area contributed by atoms with Gasteiger partial charge in [-0.05, 0) is 18.9 Å². The molecule has 0 aliphatic heterocycles. The van der Waals surface area contributed by atoms with E-state index in [-0.39, 0.29) is 12.1 Å². The molecule has 0 saturated carbocycles. The fraction of sp³-hybridized carbons (Fsp3) is 0.625. The second kappa shape index (κ2) is 11.4. The number of nitro groups is 1. The van der Waals surface area contributed by atoms with E-state index in [0.29, 0.717) is 5.82 Å². The van der Waals surface area contributed by atoms with E-state index in [1.165, 1.54) is 25.1 Å². The number of rotatable bonds is 13. The minimum atomic E-state index is -0.708. The van der Waals surface area contributed by atoms with Crippen molar-refractivity contribution >= 4 is 17.5 Å². The van der Waals surface area contributed by atoms with Gasteiger partial charge in [0.2, 0.25) is 0 Å². The summed E-state index contributed by atoms with van der Waals surface area (Å²) in [5, 5.41) is 22.2. The zero-order valence-corrected chi connectivity index (χ0v) is 13.4. The Kier molecular flexibility index (Phi) is 9.35. The molecule has 0 aliphatic rings. The van der Waals surface area contributed by atoms with Crippen molar-refractivity contribution < 1.29 is 14.8 Å². The predicted octanol–water partition coefficient (Wildman–Crippen LogP) is 4.00. The predicted molar refractivity (Wildman–Crippen MR) is 88.6 cm³/mol. The van der Waals surface area contributed by atoms with E-state index in [4.69, 9.17) is 5.11 Å². The summed E-state index contributed by atoms with van der Waals surface area (Å²) in [7, 11) is 0. The molecule has 0 unspecified atom stereocenters. The van der Waals surface area contributed by atoms with Crippen molar-refractivity contribution in [3.8, 4) is 0 Å². The third kappa shape index (κ3) is 9.44. The van der Waals surface area contributed by atoms with Crippen LogP contribution in [-0.4, -0.2) is 27.5 Å². The Balaban J connectivity index is 1.93. The lowest BCUT2D eigenvalue weighted by atomic mass is 10.1. The van der Waals surface area contributed by atoms with Gasteiger partial charge in [0.1, 0.15) is 12.0 Å². The summed E-state index contributed by atoms with van der Waals surface area (Å²) in [6.07, 6.45) is 10.1. The molecule has 1 aromatic rings. The number of carbonyl (C=O) groups is 1. The Hall–Kier alpha value is -2.18. The van der Waals surface area contributed by atoms with Gasteiger partial charge in [0, 0.05) is 19.0 Å². The average molecular weight is 323 g/mol. The molecule has 0 atom stereocenters. The zero-order chi connectivity index (χ0) is 16.9. The van der Waals surface area contributed by atoms with Crippen LogP contribution in [0.5, 0.6) is 0 Å². The van der Waals surface area contributed by atoms with Crippen LogP contribution >= 0.6 is 0 Å². The number of aromatic nitrogens is 1. The van der Waals surface area contributed by atoms with E-state index in [1.807, 2.05) is 0 Å². The number of nitrogens with one attached hydrogen (secondary N) is 1. The highest BCUT2D eigenvalue weighted by Crippen LogP contribution is 2.12. The van der Waals surface area contributed by atoms with E-state index in [0.717, 1.165) is 45.1 Å². The maximum Gasteiger partial charge on any atom is 0.303 e. The van der Waals surface area contributed by atoms with Crippen LogP contribution in [0.25, 0.3) is 0 Å². The zero-order valence-electron chi connectivity index (χ0n) is 13.4. The summed E-state index contributed by atoms with van der Waals surface area (Å²) in [5.74, 6) is -0.0472. The lowest BCUT2D eigenvalue weighted by Crippen LogP contribution is -2.03. The van der Waals surface area contributed by atoms with Crippen LogP contribution < -0.4 is 5.32 Å². The minimum Gasteiger partial charge on any atom is -0.481 e. The van der Waals surface area contributed by atoms with Gasteiger partial charge in [-0.3, -0.25) is 14.9 Å². The van der Waals surface area contributed by atoms with Crippen LogP contribution in [-0.2, 0) is 4.79 Å². The third-order valence-corrected chi connectivity index (χ3v) is 3.58. The largest absolute Gasteiger partial charge is 0.481 e. The Morgan fingerprint density at radius 3 is 2.22 bits per heavy atom. The molecular weight excluding hydrogens is 298 g/mol. The quantitative estimate of drug-likeness (QED) is 0.323. The fourth-order valence-corrected chi connectivity index (χ4v) is 2.28.